The summed E-state index contributed by atoms with van der Waals surface area (Å²) in [6, 6.07) is 7.76. The molecule has 1 aromatic carbocycles. The van der Waals surface area contributed by atoms with Crippen LogP contribution in [0.2, 0.25) is 0 Å². The molecule has 0 atom stereocenters. The number of ether oxygens (including phenoxy) is 1. The van der Waals surface area contributed by atoms with E-state index in [9.17, 15) is 9.59 Å². The Hall–Kier alpha value is -2.04. The second kappa shape index (κ2) is 9.87. The average Bonchev–Trinajstić information content (AvgIpc) is 2.55. The standard InChI is InChI=1S/C18H28N2O3/c1-5-6-11-19(3)18(22)14-20(15(2)21)12-10-16-8-7-9-17(13-16)23-4/h7-9,13H,5-6,10-12,14H2,1-4H3. The molecule has 23 heavy (non-hydrogen) atoms. The van der Waals surface area contributed by atoms with Crippen molar-refractivity contribution in [3.63, 3.8) is 0 Å². The van der Waals surface area contributed by atoms with Crippen LogP contribution in [0.1, 0.15) is 32.3 Å². The minimum atomic E-state index is -0.0786. The molecule has 5 nitrogen and oxygen atoms in total. The third-order valence-electron chi connectivity index (χ3n) is 3.85. The number of nitrogens with zero attached hydrogens (tertiary/aromatic N) is 2. The van der Waals surface area contributed by atoms with E-state index in [2.05, 4.69) is 6.92 Å². The molecule has 0 aromatic heterocycles. The topological polar surface area (TPSA) is 49.9 Å². The van der Waals surface area contributed by atoms with Gasteiger partial charge in [0, 0.05) is 27.1 Å². The predicted molar refractivity (Wildman–Crippen MR) is 91.5 cm³/mol. The SMILES string of the molecule is CCCCN(C)C(=O)CN(CCc1cccc(OC)c1)C(C)=O. The van der Waals surface area contributed by atoms with Gasteiger partial charge in [0.2, 0.25) is 11.8 Å². The molecule has 0 aliphatic heterocycles. The van der Waals surface area contributed by atoms with Gasteiger partial charge >= 0.3 is 0 Å². The molecule has 5 heteroatoms. The van der Waals surface area contributed by atoms with Crippen LogP contribution >= 0.6 is 0 Å². The van der Waals surface area contributed by atoms with Crippen LogP contribution in [-0.4, -0.2) is 55.4 Å². The fourth-order valence-electron chi connectivity index (χ4n) is 2.24. The molecular formula is C18H28N2O3. The molecule has 0 fully saturated rings. The lowest BCUT2D eigenvalue weighted by Crippen LogP contribution is -2.41. The van der Waals surface area contributed by atoms with Gasteiger partial charge in [-0.2, -0.15) is 0 Å². The van der Waals surface area contributed by atoms with Crippen molar-refractivity contribution in [2.24, 2.45) is 0 Å². The molecule has 0 heterocycles. The zero-order chi connectivity index (χ0) is 17.2. The number of methoxy groups -OCH3 is 1. The molecule has 2 amide bonds. The molecule has 128 valence electrons. The van der Waals surface area contributed by atoms with E-state index in [1.807, 2.05) is 24.3 Å². The van der Waals surface area contributed by atoms with Crippen LogP contribution in [0.25, 0.3) is 0 Å². The molecule has 1 aromatic rings. The van der Waals surface area contributed by atoms with Crippen LogP contribution in [0.4, 0.5) is 0 Å². The lowest BCUT2D eigenvalue weighted by Gasteiger charge is -2.24. The van der Waals surface area contributed by atoms with Crippen LogP contribution in [-0.2, 0) is 16.0 Å². The highest BCUT2D eigenvalue weighted by atomic mass is 16.5. The molecule has 0 N–H and O–H groups in total. The number of carbonyl (C=O) groups excluding carboxylic acids is 2. The van der Waals surface area contributed by atoms with E-state index in [0.717, 1.165) is 30.7 Å². The van der Waals surface area contributed by atoms with Crippen molar-refractivity contribution in [1.29, 1.82) is 0 Å². The number of hydrogen-bond donors (Lipinski definition) is 0. The minimum absolute atomic E-state index is 0.0145. The maximum Gasteiger partial charge on any atom is 0.241 e. The number of likely N-dealkylation sites (N-methyl/N-ethyl adjacent to an activating group) is 1. The monoisotopic (exact) mass is 320 g/mol. The second-order valence-corrected chi connectivity index (χ2v) is 5.71. The Balaban J connectivity index is 2.58. The van der Waals surface area contributed by atoms with Crippen LogP contribution in [0.3, 0.4) is 0 Å². The number of rotatable bonds is 9. The molecule has 0 spiro atoms. The van der Waals surface area contributed by atoms with Crippen molar-refractivity contribution in [2.75, 3.05) is 33.8 Å². The van der Waals surface area contributed by atoms with E-state index in [1.165, 1.54) is 6.92 Å². The quantitative estimate of drug-likeness (QED) is 0.702. The molecule has 1 rings (SSSR count). The van der Waals surface area contributed by atoms with Gasteiger partial charge in [0.15, 0.2) is 0 Å². The van der Waals surface area contributed by atoms with Crippen molar-refractivity contribution in [2.45, 2.75) is 33.1 Å². The largest absolute Gasteiger partial charge is 0.497 e. The summed E-state index contributed by atoms with van der Waals surface area (Å²) in [5, 5.41) is 0. The summed E-state index contributed by atoms with van der Waals surface area (Å²) >= 11 is 0. The first-order chi connectivity index (χ1) is 11.0. The first-order valence-electron chi connectivity index (χ1n) is 8.10. The van der Waals surface area contributed by atoms with E-state index in [4.69, 9.17) is 4.74 Å². The Morgan fingerprint density at radius 3 is 2.57 bits per heavy atom. The summed E-state index contributed by atoms with van der Waals surface area (Å²) in [4.78, 5) is 27.3. The van der Waals surface area contributed by atoms with E-state index >= 15 is 0 Å². The Kier molecular flexibility index (Phi) is 8.16. The lowest BCUT2D eigenvalue weighted by atomic mass is 10.1. The van der Waals surface area contributed by atoms with Crippen LogP contribution < -0.4 is 4.74 Å². The number of hydrogen-bond acceptors (Lipinski definition) is 3. The zero-order valence-corrected chi connectivity index (χ0v) is 14.7. The number of carbonyl (C=O) groups is 2. The van der Waals surface area contributed by atoms with Crippen molar-refractivity contribution in [3.8, 4) is 5.75 Å². The van der Waals surface area contributed by atoms with Gasteiger partial charge in [-0.05, 0) is 30.5 Å². The highest BCUT2D eigenvalue weighted by molar-refractivity contribution is 5.83. The molecule has 0 unspecified atom stereocenters. The van der Waals surface area contributed by atoms with Gasteiger partial charge in [0.05, 0.1) is 13.7 Å². The van der Waals surface area contributed by atoms with Gasteiger partial charge in [-0.15, -0.1) is 0 Å². The Labute approximate surface area is 139 Å². The number of unbranched alkanes of at least 4 members (excludes halogenated alkanes) is 1. The lowest BCUT2D eigenvalue weighted by molar-refractivity contribution is -0.138. The summed E-state index contributed by atoms with van der Waals surface area (Å²) in [7, 11) is 3.42. The molecular weight excluding hydrogens is 292 g/mol. The first kappa shape index (κ1) is 19.0. The Bertz CT molecular complexity index is 517. The van der Waals surface area contributed by atoms with Gasteiger partial charge in [0.25, 0.3) is 0 Å². The number of amides is 2. The van der Waals surface area contributed by atoms with Crippen LogP contribution in [0, 0.1) is 0 Å². The van der Waals surface area contributed by atoms with Gasteiger partial charge < -0.3 is 14.5 Å². The smallest absolute Gasteiger partial charge is 0.241 e. The second-order valence-electron chi connectivity index (χ2n) is 5.71. The van der Waals surface area contributed by atoms with E-state index in [0.29, 0.717) is 13.0 Å². The molecule has 0 saturated carbocycles. The summed E-state index contributed by atoms with van der Waals surface area (Å²) in [5.74, 6) is 0.705. The third kappa shape index (κ3) is 6.72. The number of benzene rings is 1. The maximum absolute atomic E-state index is 12.2. The Morgan fingerprint density at radius 2 is 1.96 bits per heavy atom. The normalized spacial score (nSPS) is 10.3. The fourth-order valence-corrected chi connectivity index (χ4v) is 2.24. The van der Waals surface area contributed by atoms with Crippen molar-refractivity contribution in [3.05, 3.63) is 29.8 Å². The van der Waals surface area contributed by atoms with Crippen molar-refractivity contribution >= 4 is 11.8 Å². The summed E-state index contributed by atoms with van der Waals surface area (Å²) in [6.07, 6.45) is 2.72. The molecule has 0 aliphatic carbocycles. The first-order valence-corrected chi connectivity index (χ1v) is 8.10. The van der Waals surface area contributed by atoms with Gasteiger partial charge in [-0.25, -0.2) is 0 Å². The van der Waals surface area contributed by atoms with Crippen LogP contribution in [0.15, 0.2) is 24.3 Å². The Morgan fingerprint density at radius 1 is 1.22 bits per heavy atom. The van der Waals surface area contributed by atoms with Crippen molar-refractivity contribution < 1.29 is 14.3 Å². The average molecular weight is 320 g/mol. The van der Waals surface area contributed by atoms with Gasteiger partial charge in [0.1, 0.15) is 5.75 Å². The third-order valence-corrected chi connectivity index (χ3v) is 3.85. The van der Waals surface area contributed by atoms with E-state index in [1.54, 1.807) is 24.0 Å². The minimum Gasteiger partial charge on any atom is -0.497 e. The van der Waals surface area contributed by atoms with Gasteiger partial charge in [-0.1, -0.05) is 25.5 Å². The summed E-state index contributed by atoms with van der Waals surface area (Å²) in [5.41, 5.74) is 1.09. The predicted octanol–water partition coefficient (Wildman–Crippen LogP) is 2.34. The molecule has 0 saturated heterocycles. The van der Waals surface area contributed by atoms with Crippen LogP contribution in [0.5, 0.6) is 5.75 Å². The molecule has 0 bridgehead atoms. The van der Waals surface area contributed by atoms with Crippen molar-refractivity contribution in [1.82, 2.24) is 9.80 Å². The van der Waals surface area contributed by atoms with E-state index in [-0.39, 0.29) is 18.4 Å². The highest BCUT2D eigenvalue weighted by Gasteiger charge is 2.16. The highest BCUT2D eigenvalue weighted by Crippen LogP contribution is 2.13. The molecule has 0 aliphatic rings. The van der Waals surface area contributed by atoms with E-state index < -0.39 is 0 Å². The summed E-state index contributed by atoms with van der Waals surface area (Å²) < 4.78 is 5.20. The maximum atomic E-state index is 12.2. The van der Waals surface area contributed by atoms with Gasteiger partial charge in [-0.3, -0.25) is 9.59 Å². The molecule has 0 radical (unpaired) electrons. The summed E-state index contributed by atoms with van der Waals surface area (Å²) in [6.45, 7) is 4.99. The fraction of sp³-hybridized carbons (Fsp3) is 0.556. The zero-order valence-electron chi connectivity index (χ0n) is 14.7.